The van der Waals surface area contributed by atoms with E-state index in [2.05, 4.69) is 0 Å². The lowest BCUT2D eigenvalue weighted by atomic mass is 10.7. The molecule has 0 rings (SSSR count). The zero-order valence-corrected chi connectivity index (χ0v) is 7.71. The average molecular weight is 194 g/mol. The Hall–Kier alpha value is -0.175. The third kappa shape index (κ3) is 143. The molecule has 0 heterocycles. The predicted octanol–water partition coefficient (Wildman–Crippen LogP) is -4.47. The molecule has 0 radical (unpaired) electrons. The van der Waals surface area contributed by atoms with Gasteiger partial charge in [-0.1, -0.05) is 0 Å². The van der Waals surface area contributed by atoms with Crippen LogP contribution in [0.5, 0.6) is 0 Å². The average Bonchev–Trinajstić information content (AvgIpc) is 2.18. The highest BCUT2D eigenvalue weighted by atomic mass is 14.6. The fourth-order valence-electron chi connectivity index (χ4n) is 0. The molecule has 12 N–H and O–H groups in total. The van der Waals surface area contributed by atoms with Crippen molar-refractivity contribution in [1.82, 2.24) is 0 Å². The minimum atomic E-state index is 0. The predicted molar refractivity (Wildman–Crippen MR) is 64.3 cm³/mol. The molecule has 0 aliphatic carbocycles. The van der Waals surface area contributed by atoms with Gasteiger partial charge in [-0.05, 0) is 0 Å². The van der Waals surface area contributed by atoms with E-state index in [-0.39, 0.29) is 8.41 Å². The Morgan fingerprint density at radius 2 is 0.462 bits per heavy atom. The van der Waals surface area contributed by atoms with Crippen molar-refractivity contribution in [2.45, 2.75) is 0 Å². The van der Waals surface area contributed by atoms with E-state index >= 15 is 0 Å². The van der Waals surface area contributed by atoms with E-state index in [0.717, 1.165) is 0 Å². The molecule has 6 nitrogen and oxygen atoms in total. The molecule has 0 aromatic carbocycles. The highest BCUT2D eigenvalue weighted by Gasteiger charge is 1.55. The lowest BCUT2D eigenvalue weighted by molar-refractivity contribution is 0.976. The van der Waals surface area contributed by atoms with Crippen LogP contribution >= 0.6 is 0 Å². The lowest BCUT2D eigenvalue weighted by Crippen LogP contribution is -2.11. The van der Waals surface area contributed by atoms with E-state index in [9.17, 15) is 0 Å². The molecule has 0 bridgehead atoms. The molecule has 13 heavy (non-hydrogen) atoms. The molecule has 0 unspecified atom stereocenters. The quantitative estimate of drug-likeness (QED) is 0.249. The summed E-state index contributed by atoms with van der Waals surface area (Å²) in [5, 5.41) is 0. The van der Waals surface area contributed by atoms with E-state index in [0.29, 0.717) is 39.3 Å². The van der Waals surface area contributed by atoms with Crippen LogP contribution in [0.1, 0.15) is 0 Å². The van der Waals surface area contributed by atoms with E-state index < -0.39 is 0 Å². The van der Waals surface area contributed by atoms with Crippen LogP contribution in [-0.2, 0) is 0 Å². The summed E-state index contributed by atoms with van der Waals surface area (Å²) in [6, 6.07) is 0. The molecule has 0 aliphatic heterocycles. The highest BCUT2D eigenvalue weighted by Crippen LogP contribution is 1.25. The van der Waals surface area contributed by atoms with E-state index in [1.165, 1.54) is 0 Å². The zero-order valence-electron chi connectivity index (χ0n) is 7.71. The van der Waals surface area contributed by atoms with Crippen molar-refractivity contribution < 1.29 is 0 Å². The summed E-state index contributed by atoms with van der Waals surface area (Å²) >= 11 is 0. The van der Waals surface area contributed by atoms with Gasteiger partial charge in [-0.15, -0.1) is 0 Å². The summed E-state index contributed by atoms with van der Waals surface area (Å²) in [6.07, 6.45) is 0. The maximum absolute atomic E-state index is 4.90. The Morgan fingerprint density at radius 1 is 0.385 bits per heavy atom. The topological polar surface area (TPSA) is 156 Å². The van der Waals surface area contributed by atoms with Gasteiger partial charge in [0.1, 0.15) is 0 Å². The Balaban J connectivity index is -0.0000000450. The first kappa shape index (κ1) is 23.0. The summed E-state index contributed by atoms with van der Waals surface area (Å²) in [5.41, 5.74) is 29.4. The molecule has 7 heteroatoms. The molecule has 0 saturated heterocycles. The van der Waals surface area contributed by atoms with Crippen molar-refractivity contribution in [2.75, 3.05) is 39.3 Å². The number of hydrogen-bond donors (Lipinski definition) is 6. The van der Waals surface area contributed by atoms with E-state index in [1.54, 1.807) is 0 Å². The van der Waals surface area contributed by atoms with Crippen LogP contribution in [0, 0.1) is 0 Å². The second-order valence-electron chi connectivity index (χ2n) is 1.73. The Bertz CT molecular complexity index is 32.6. The normalized spacial score (nSPS) is 6.92. The fraction of sp³-hybridized carbons (Fsp3) is 1.00. The lowest BCUT2D eigenvalue weighted by Gasteiger charge is -1.72. The molecule has 0 saturated carbocycles. The molecule has 0 spiro atoms. The largest absolute Gasteiger partial charge is 0.329 e. The van der Waals surface area contributed by atoms with Gasteiger partial charge in [0.2, 0.25) is 0 Å². The summed E-state index contributed by atoms with van der Waals surface area (Å²) in [4.78, 5) is 0. The standard InChI is InChI=1S/3C2H8N2.BH3/c3*3-1-2-4;/h3*1-4H2;1H3. The third-order valence-electron chi connectivity index (χ3n) is 0.500. The van der Waals surface area contributed by atoms with Crippen molar-refractivity contribution in [3.8, 4) is 0 Å². The van der Waals surface area contributed by atoms with Crippen molar-refractivity contribution in [2.24, 2.45) is 34.4 Å². The van der Waals surface area contributed by atoms with Crippen LogP contribution in [0.15, 0.2) is 0 Å². The maximum Gasteiger partial charge on any atom is 0.0814 e. The molecule has 0 aliphatic rings. The van der Waals surface area contributed by atoms with Crippen LogP contribution in [0.2, 0.25) is 0 Å². The van der Waals surface area contributed by atoms with Gasteiger partial charge in [0.15, 0.2) is 0 Å². The Morgan fingerprint density at radius 3 is 0.462 bits per heavy atom. The van der Waals surface area contributed by atoms with Gasteiger partial charge in [-0.3, -0.25) is 0 Å². The number of hydrogen-bond acceptors (Lipinski definition) is 6. The van der Waals surface area contributed by atoms with Crippen LogP contribution in [0.3, 0.4) is 0 Å². The first-order valence-corrected chi connectivity index (χ1v) is 3.95. The molecule has 0 amide bonds. The zero-order chi connectivity index (χ0) is 10.2. The smallest absolute Gasteiger partial charge is 0.0814 e. The van der Waals surface area contributed by atoms with Crippen LogP contribution < -0.4 is 34.4 Å². The van der Waals surface area contributed by atoms with E-state index in [4.69, 9.17) is 34.4 Å². The monoisotopic (exact) mass is 194 g/mol. The number of nitrogens with two attached hydrogens (primary N) is 6. The molecule has 84 valence electrons. The van der Waals surface area contributed by atoms with Crippen LogP contribution in [-0.4, -0.2) is 47.7 Å². The van der Waals surface area contributed by atoms with Gasteiger partial charge in [-0.2, -0.15) is 0 Å². The van der Waals surface area contributed by atoms with Gasteiger partial charge in [-0.25, -0.2) is 0 Å². The van der Waals surface area contributed by atoms with Gasteiger partial charge >= 0.3 is 0 Å². The van der Waals surface area contributed by atoms with Crippen molar-refractivity contribution >= 4 is 8.41 Å². The molecule has 0 fully saturated rings. The third-order valence-corrected chi connectivity index (χ3v) is 0.500. The highest BCUT2D eigenvalue weighted by molar-refractivity contribution is 5.75. The molecular formula is C6H27BN6. The van der Waals surface area contributed by atoms with Gasteiger partial charge in [0.25, 0.3) is 0 Å². The molecular weight excluding hydrogens is 167 g/mol. The Labute approximate surface area is 82.9 Å². The van der Waals surface area contributed by atoms with E-state index in [1.807, 2.05) is 0 Å². The van der Waals surface area contributed by atoms with Gasteiger partial charge in [0.05, 0.1) is 8.41 Å². The summed E-state index contributed by atoms with van der Waals surface area (Å²) in [7, 11) is 0. The second kappa shape index (κ2) is 40.8. The minimum absolute atomic E-state index is 0. The second-order valence-corrected chi connectivity index (χ2v) is 1.73. The molecule has 0 aromatic heterocycles. The summed E-state index contributed by atoms with van der Waals surface area (Å²) < 4.78 is 0. The van der Waals surface area contributed by atoms with Gasteiger partial charge in [0, 0.05) is 39.3 Å². The fourth-order valence-corrected chi connectivity index (χ4v) is 0. The first-order chi connectivity index (χ1) is 5.74. The van der Waals surface area contributed by atoms with Crippen molar-refractivity contribution in [3.63, 3.8) is 0 Å². The van der Waals surface area contributed by atoms with Crippen molar-refractivity contribution in [3.05, 3.63) is 0 Å². The summed E-state index contributed by atoms with van der Waals surface area (Å²) in [6.45, 7) is 3.58. The van der Waals surface area contributed by atoms with Crippen molar-refractivity contribution in [1.29, 1.82) is 0 Å². The minimum Gasteiger partial charge on any atom is -0.329 e. The van der Waals surface area contributed by atoms with Crippen LogP contribution in [0.25, 0.3) is 0 Å². The maximum atomic E-state index is 4.90. The Kier molecular flexibility index (Phi) is 72.3. The summed E-state index contributed by atoms with van der Waals surface area (Å²) in [5.74, 6) is 0. The van der Waals surface area contributed by atoms with Crippen LogP contribution in [0.4, 0.5) is 0 Å². The van der Waals surface area contributed by atoms with Gasteiger partial charge < -0.3 is 34.4 Å². The molecule has 0 atom stereocenters. The molecule has 0 aromatic rings. The SMILES string of the molecule is B.NCCN.NCCN.NCCN. The first-order valence-electron chi connectivity index (χ1n) is 3.95. The number of rotatable bonds is 3.